The second kappa shape index (κ2) is 4.49. The molecule has 1 aromatic heterocycles. The van der Waals surface area contributed by atoms with Crippen molar-refractivity contribution in [2.24, 2.45) is 0 Å². The summed E-state index contributed by atoms with van der Waals surface area (Å²) < 4.78 is 5.29. The Morgan fingerprint density at radius 2 is 2.53 bits per heavy atom. The van der Waals surface area contributed by atoms with E-state index in [-0.39, 0.29) is 5.91 Å². The zero-order valence-electron chi connectivity index (χ0n) is 8.90. The Hall–Kier alpha value is -1.29. The van der Waals surface area contributed by atoms with E-state index in [2.05, 4.69) is 17.1 Å². The maximum atomic E-state index is 11.2. The van der Waals surface area contributed by atoms with Gasteiger partial charge in [-0.15, -0.1) is 0 Å². The fourth-order valence-corrected chi connectivity index (χ4v) is 1.88. The molecular weight excluding hydrogens is 192 g/mol. The predicted octanol–water partition coefficient (Wildman–Crippen LogP) is 0.642. The quantitative estimate of drug-likeness (QED) is 0.793. The van der Waals surface area contributed by atoms with Crippen LogP contribution >= 0.6 is 0 Å². The summed E-state index contributed by atoms with van der Waals surface area (Å²) in [4.78, 5) is 13.4. The van der Waals surface area contributed by atoms with Gasteiger partial charge in [-0.25, -0.2) is 0 Å². The van der Waals surface area contributed by atoms with E-state index in [0.29, 0.717) is 12.6 Å². The lowest BCUT2D eigenvalue weighted by molar-refractivity contribution is -0.124. The zero-order chi connectivity index (χ0) is 10.7. The van der Waals surface area contributed by atoms with E-state index in [4.69, 9.17) is 4.42 Å². The number of furan rings is 1. The van der Waals surface area contributed by atoms with Crippen molar-refractivity contribution in [1.82, 2.24) is 10.2 Å². The van der Waals surface area contributed by atoms with Crippen LogP contribution < -0.4 is 5.32 Å². The first-order valence-corrected chi connectivity index (χ1v) is 5.29. The molecule has 0 saturated carbocycles. The van der Waals surface area contributed by atoms with Crippen LogP contribution in [0.3, 0.4) is 0 Å². The van der Waals surface area contributed by atoms with Gasteiger partial charge in [-0.3, -0.25) is 9.69 Å². The van der Waals surface area contributed by atoms with Crippen LogP contribution in [-0.4, -0.2) is 36.5 Å². The van der Waals surface area contributed by atoms with Crippen molar-refractivity contribution in [3.8, 4) is 0 Å². The Morgan fingerprint density at radius 3 is 3.20 bits per heavy atom. The molecule has 1 aliphatic rings. The number of hydrogen-bond donors (Lipinski definition) is 1. The first kappa shape index (κ1) is 10.2. The molecule has 15 heavy (non-hydrogen) atoms. The lowest BCUT2D eigenvalue weighted by atomic mass is 10.1. The summed E-state index contributed by atoms with van der Waals surface area (Å²) in [6, 6.07) is 4.22. The van der Waals surface area contributed by atoms with Crippen molar-refractivity contribution in [3.63, 3.8) is 0 Å². The van der Waals surface area contributed by atoms with E-state index in [1.165, 1.54) is 0 Å². The number of rotatable bonds is 3. The normalized spacial score (nSPS) is 19.9. The fraction of sp³-hybridized carbons (Fsp3) is 0.545. The van der Waals surface area contributed by atoms with Gasteiger partial charge in [-0.1, -0.05) is 0 Å². The molecule has 0 aliphatic carbocycles. The van der Waals surface area contributed by atoms with Crippen LogP contribution in [0.2, 0.25) is 0 Å². The van der Waals surface area contributed by atoms with E-state index < -0.39 is 0 Å². The second-order valence-corrected chi connectivity index (χ2v) is 3.95. The third-order valence-electron chi connectivity index (χ3n) is 2.77. The van der Waals surface area contributed by atoms with Gasteiger partial charge in [0.05, 0.1) is 12.8 Å². The Morgan fingerprint density at radius 1 is 1.67 bits per heavy atom. The minimum atomic E-state index is 0.118. The van der Waals surface area contributed by atoms with Gasteiger partial charge in [0.1, 0.15) is 5.76 Å². The number of hydrogen-bond acceptors (Lipinski definition) is 3. The highest BCUT2D eigenvalue weighted by Gasteiger charge is 2.21. The SMILES string of the molecule is CC(Cc1ccco1)N1CCNC(=O)C1. The average molecular weight is 208 g/mol. The smallest absolute Gasteiger partial charge is 0.234 e. The monoisotopic (exact) mass is 208 g/mol. The van der Waals surface area contributed by atoms with E-state index >= 15 is 0 Å². The van der Waals surface area contributed by atoms with Crippen molar-refractivity contribution in [1.29, 1.82) is 0 Å². The molecule has 0 radical (unpaired) electrons. The summed E-state index contributed by atoms with van der Waals surface area (Å²) in [6.45, 7) is 4.30. The molecule has 1 atom stereocenters. The Bertz CT molecular complexity index is 321. The summed E-state index contributed by atoms with van der Waals surface area (Å²) in [5, 5.41) is 2.82. The Labute approximate surface area is 89.2 Å². The molecule has 1 fully saturated rings. The van der Waals surface area contributed by atoms with Gasteiger partial charge in [0.25, 0.3) is 0 Å². The summed E-state index contributed by atoms with van der Waals surface area (Å²) in [7, 11) is 0. The molecule has 1 saturated heterocycles. The molecule has 0 aromatic carbocycles. The van der Waals surface area contributed by atoms with Crippen molar-refractivity contribution in [2.75, 3.05) is 19.6 Å². The number of piperazine rings is 1. The van der Waals surface area contributed by atoms with Crippen LogP contribution in [0, 0.1) is 0 Å². The Kier molecular flexibility index (Phi) is 3.06. The largest absolute Gasteiger partial charge is 0.469 e. The molecule has 0 spiro atoms. The molecule has 0 bridgehead atoms. The molecule has 4 nitrogen and oxygen atoms in total. The lowest BCUT2D eigenvalue weighted by Gasteiger charge is -2.31. The number of nitrogens with one attached hydrogen (secondary N) is 1. The maximum Gasteiger partial charge on any atom is 0.234 e. The highest BCUT2D eigenvalue weighted by molar-refractivity contribution is 5.78. The van der Waals surface area contributed by atoms with Crippen LogP contribution in [0.25, 0.3) is 0 Å². The van der Waals surface area contributed by atoms with Gasteiger partial charge >= 0.3 is 0 Å². The van der Waals surface area contributed by atoms with Crippen LogP contribution in [0.1, 0.15) is 12.7 Å². The van der Waals surface area contributed by atoms with Crippen molar-refractivity contribution in [2.45, 2.75) is 19.4 Å². The van der Waals surface area contributed by atoms with E-state index in [9.17, 15) is 4.79 Å². The molecule has 2 rings (SSSR count). The molecule has 1 aromatic rings. The first-order valence-electron chi connectivity index (χ1n) is 5.29. The number of amides is 1. The third-order valence-corrected chi connectivity index (χ3v) is 2.77. The molecule has 1 unspecified atom stereocenters. The summed E-state index contributed by atoms with van der Waals surface area (Å²) in [6.07, 6.45) is 2.55. The number of carbonyl (C=O) groups excluding carboxylic acids is 1. The maximum absolute atomic E-state index is 11.2. The van der Waals surface area contributed by atoms with Crippen LogP contribution in [-0.2, 0) is 11.2 Å². The van der Waals surface area contributed by atoms with Gasteiger partial charge in [-0.2, -0.15) is 0 Å². The molecule has 4 heteroatoms. The minimum Gasteiger partial charge on any atom is -0.469 e. The van der Waals surface area contributed by atoms with Crippen LogP contribution in [0.15, 0.2) is 22.8 Å². The van der Waals surface area contributed by atoms with Gasteiger partial charge in [0.15, 0.2) is 0 Å². The average Bonchev–Trinajstić information content (AvgIpc) is 2.70. The first-order chi connectivity index (χ1) is 7.25. The van der Waals surface area contributed by atoms with Crippen molar-refractivity contribution in [3.05, 3.63) is 24.2 Å². The van der Waals surface area contributed by atoms with E-state index in [1.54, 1.807) is 6.26 Å². The van der Waals surface area contributed by atoms with Gasteiger partial charge in [0, 0.05) is 25.6 Å². The Balaban J connectivity index is 1.90. The topological polar surface area (TPSA) is 45.5 Å². The molecule has 1 amide bonds. The summed E-state index contributed by atoms with van der Waals surface area (Å²) in [5.74, 6) is 1.10. The third kappa shape index (κ3) is 2.59. The van der Waals surface area contributed by atoms with E-state index in [0.717, 1.165) is 25.3 Å². The standard InChI is InChI=1S/C11H16N2O2/c1-9(7-10-3-2-6-15-10)13-5-4-12-11(14)8-13/h2-3,6,9H,4-5,7-8H2,1H3,(H,12,14). The van der Waals surface area contributed by atoms with Gasteiger partial charge in [0.2, 0.25) is 5.91 Å². The summed E-state index contributed by atoms with van der Waals surface area (Å²) in [5.41, 5.74) is 0. The van der Waals surface area contributed by atoms with Crippen LogP contribution in [0.5, 0.6) is 0 Å². The number of carbonyl (C=O) groups is 1. The molecule has 1 aliphatic heterocycles. The molecule has 2 heterocycles. The van der Waals surface area contributed by atoms with Crippen LogP contribution in [0.4, 0.5) is 0 Å². The van der Waals surface area contributed by atoms with Crippen molar-refractivity contribution >= 4 is 5.91 Å². The number of nitrogens with zero attached hydrogens (tertiary/aromatic N) is 1. The molecule has 82 valence electrons. The zero-order valence-corrected chi connectivity index (χ0v) is 8.90. The summed E-state index contributed by atoms with van der Waals surface area (Å²) >= 11 is 0. The molecule has 1 N–H and O–H groups in total. The van der Waals surface area contributed by atoms with Crippen molar-refractivity contribution < 1.29 is 9.21 Å². The highest BCUT2D eigenvalue weighted by atomic mass is 16.3. The van der Waals surface area contributed by atoms with Gasteiger partial charge < -0.3 is 9.73 Å². The highest BCUT2D eigenvalue weighted by Crippen LogP contribution is 2.10. The second-order valence-electron chi connectivity index (χ2n) is 3.95. The minimum absolute atomic E-state index is 0.118. The van der Waals surface area contributed by atoms with E-state index in [1.807, 2.05) is 12.1 Å². The predicted molar refractivity (Wildman–Crippen MR) is 56.5 cm³/mol. The van der Waals surface area contributed by atoms with Gasteiger partial charge in [-0.05, 0) is 19.1 Å². The molecular formula is C11H16N2O2. The lowest BCUT2D eigenvalue weighted by Crippen LogP contribution is -2.51. The fourth-order valence-electron chi connectivity index (χ4n) is 1.88.